The predicted octanol–water partition coefficient (Wildman–Crippen LogP) is 2.67. The van der Waals surface area contributed by atoms with Gasteiger partial charge in [0.05, 0.1) is 13.2 Å². The summed E-state index contributed by atoms with van der Waals surface area (Å²) in [7, 11) is 0. The monoisotopic (exact) mass is 300 g/mol. The number of carbonyl (C=O) groups is 2. The third kappa shape index (κ3) is 4.95. The molecule has 1 aliphatic heterocycles. The first-order chi connectivity index (χ1) is 10.2. The summed E-state index contributed by atoms with van der Waals surface area (Å²) in [6, 6.07) is 0. The van der Waals surface area contributed by atoms with Gasteiger partial charge in [0.1, 0.15) is 12.5 Å². The van der Waals surface area contributed by atoms with Gasteiger partial charge in [-0.2, -0.15) is 0 Å². The van der Waals surface area contributed by atoms with Gasteiger partial charge in [0.25, 0.3) is 0 Å². The summed E-state index contributed by atoms with van der Waals surface area (Å²) in [5.74, 6) is -3.87. The Hall–Kier alpha value is -1.72. The van der Waals surface area contributed by atoms with E-state index in [1.54, 1.807) is 0 Å². The number of hydrogen-bond donors (Lipinski definition) is 0. The molecule has 0 atom stereocenters. The van der Waals surface area contributed by atoms with Crippen LogP contribution in [0.25, 0.3) is 0 Å². The maximum Gasteiger partial charge on any atom is 0.452 e. The van der Waals surface area contributed by atoms with Crippen molar-refractivity contribution in [2.75, 3.05) is 13.2 Å². The van der Waals surface area contributed by atoms with Crippen molar-refractivity contribution in [1.82, 2.24) is 0 Å². The molecule has 1 heterocycles. The number of ether oxygens (including phenoxy) is 4. The molecule has 0 aromatic heterocycles. The van der Waals surface area contributed by atoms with Gasteiger partial charge < -0.3 is 18.9 Å². The number of hydrogen-bond acceptors (Lipinski definition) is 6. The van der Waals surface area contributed by atoms with E-state index in [2.05, 4.69) is 0 Å². The minimum atomic E-state index is -2.13. The van der Waals surface area contributed by atoms with E-state index in [0.29, 0.717) is 0 Å². The summed E-state index contributed by atoms with van der Waals surface area (Å²) >= 11 is 0. The lowest BCUT2D eigenvalue weighted by Gasteiger charge is -2.23. The van der Waals surface area contributed by atoms with Crippen LogP contribution in [0.4, 0.5) is 0 Å². The molecule has 120 valence electrons. The average molecular weight is 300 g/mol. The highest BCUT2D eigenvalue weighted by atomic mass is 16.8. The molecular formula is C15H24O6. The molecule has 0 spiro atoms. The van der Waals surface area contributed by atoms with Crippen LogP contribution in [0.3, 0.4) is 0 Å². The first kappa shape index (κ1) is 17.3. The highest BCUT2D eigenvalue weighted by molar-refractivity contribution is 6.02. The zero-order valence-corrected chi connectivity index (χ0v) is 12.8. The van der Waals surface area contributed by atoms with Gasteiger partial charge in [0.2, 0.25) is 0 Å². The summed E-state index contributed by atoms with van der Waals surface area (Å²) in [5, 5.41) is 0. The molecule has 0 aliphatic carbocycles. The zero-order chi connectivity index (χ0) is 15.6. The summed E-state index contributed by atoms with van der Waals surface area (Å²) < 4.78 is 20.2. The van der Waals surface area contributed by atoms with Gasteiger partial charge in [-0.25, -0.2) is 9.59 Å². The first-order valence-electron chi connectivity index (χ1n) is 7.52. The van der Waals surface area contributed by atoms with Crippen LogP contribution in [0, 0.1) is 0 Å². The van der Waals surface area contributed by atoms with Crippen molar-refractivity contribution < 1.29 is 28.5 Å². The lowest BCUT2D eigenvalue weighted by atomic mass is 10.2. The molecular weight excluding hydrogens is 276 g/mol. The van der Waals surface area contributed by atoms with Crippen molar-refractivity contribution in [2.24, 2.45) is 0 Å². The molecule has 6 nitrogen and oxygen atoms in total. The molecule has 0 fully saturated rings. The standard InChI is InChI=1S/C15H24O6/c1-3-5-7-9-18-13(16)15(20-11-12-21-15)14(17)19-10-8-6-4-2/h11-12H,3-10H2,1-2H3. The largest absolute Gasteiger partial charge is 0.459 e. The SMILES string of the molecule is CCCCCOC(=O)C1(C(=O)OCCCCC)OC=CO1. The van der Waals surface area contributed by atoms with E-state index in [4.69, 9.17) is 18.9 Å². The van der Waals surface area contributed by atoms with E-state index in [0.717, 1.165) is 51.0 Å². The number of unbranched alkanes of at least 4 members (excludes halogenated alkanes) is 4. The van der Waals surface area contributed by atoms with Crippen LogP contribution in [-0.2, 0) is 28.5 Å². The number of rotatable bonds is 10. The molecule has 1 rings (SSSR count). The molecule has 0 bridgehead atoms. The van der Waals surface area contributed by atoms with Gasteiger partial charge in [-0.1, -0.05) is 39.5 Å². The van der Waals surface area contributed by atoms with Crippen LogP contribution >= 0.6 is 0 Å². The quantitative estimate of drug-likeness (QED) is 0.351. The molecule has 1 aliphatic rings. The van der Waals surface area contributed by atoms with E-state index in [9.17, 15) is 9.59 Å². The van der Waals surface area contributed by atoms with Gasteiger partial charge in [0.15, 0.2) is 0 Å². The van der Waals surface area contributed by atoms with Crippen LogP contribution < -0.4 is 0 Å². The minimum Gasteiger partial charge on any atom is -0.459 e. The third-order valence-electron chi connectivity index (χ3n) is 3.02. The molecule has 0 unspecified atom stereocenters. The molecule has 0 aromatic rings. The van der Waals surface area contributed by atoms with Crippen molar-refractivity contribution in [3.05, 3.63) is 12.5 Å². The van der Waals surface area contributed by atoms with Crippen molar-refractivity contribution in [3.63, 3.8) is 0 Å². The Bertz CT molecular complexity index is 329. The van der Waals surface area contributed by atoms with Crippen molar-refractivity contribution in [2.45, 2.75) is 58.2 Å². The van der Waals surface area contributed by atoms with Gasteiger partial charge in [-0.05, 0) is 12.8 Å². The second-order valence-electron chi connectivity index (χ2n) is 4.81. The highest BCUT2D eigenvalue weighted by Gasteiger charge is 2.56. The predicted molar refractivity (Wildman–Crippen MR) is 75.0 cm³/mol. The second kappa shape index (κ2) is 9.26. The van der Waals surface area contributed by atoms with E-state index >= 15 is 0 Å². The smallest absolute Gasteiger partial charge is 0.452 e. The number of esters is 2. The van der Waals surface area contributed by atoms with Gasteiger partial charge in [0, 0.05) is 0 Å². The second-order valence-corrected chi connectivity index (χ2v) is 4.81. The summed E-state index contributed by atoms with van der Waals surface area (Å²) in [4.78, 5) is 24.1. The Balaban J connectivity index is 2.48. The lowest BCUT2D eigenvalue weighted by molar-refractivity contribution is -0.217. The minimum absolute atomic E-state index is 0.226. The maximum atomic E-state index is 12.0. The van der Waals surface area contributed by atoms with Gasteiger partial charge in [-0.3, -0.25) is 0 Å². The molecule has 21 heavy (non-hydrogen) atoms. The summed E-state index contributed by atoms with van der Waals surface area (Å²) in [6.07, 6.45) is 7.66. The van der Waals surface area contributed by atoms with E-state index in [1.165, 1.54) is 0 Å². The molecule has 0 saturated heterocycles. The average Bonchev–Trinajstić information content (AvgIpc) is 2.98. The molecule has 6 heteroatoms. The molecule has 0 N–H and O–H groups in total. The zero-order valence-electron chi connectivity index (χ0n) is 12.8. The molecule has 0 saturated carbocycles. The lowest BCUT2D eigenvalue weighted by Crippen LogP contribution is -2.50. The highest BCUT2D eigenvalue weighted by Crippen LogP contribution is 2.24. The van der Waals surface area contributed by atoms with Gasteiger partial charge >= 0.3 is 17.7 Å². The van der Waals surface area contributed by atoms with Gasteiger partial charge in [-0.15, -0.1) is 0 Å². The van der Waals surface area contributed by atoms with Crippen LogP contribution in [0.2, 0.25) is 0 Å². The topological polar surface area (TPSA) is 71.1 Å². The van der Waals surface area contributed by atoms with E-state index in [-0.39, 0.29) is 13.2 Å². The van der Waals surface area contributed by atoms with E-state index in [1.807, 2.05) is 13.8 Å². The molecule has 0 amide bonds. The third-order valence-corrected chi connectivity index (χ3v) is 3.02. The fourth-order valence-electron chi connectivity index (χ4n) is 1.77. The molecule has 0 radical (unpaired) electrons. The first-order valence-corrected chi connectivity index (χ1v) is 7.52. The van der Waals surface area contributed by atoms with Crippen molar-refractivity contribution >= 4 is 11.9 Å². The fraction of sp³-hybridized carbons (Fsp3) is 0.733. The summed E-state index contributed by atoms with van der Waals surface area (Å²) in [6.45, 7) is 4.54. The normalized spacial score (nSPS) is 15.1. The molecule has 0 aromatic carbocycles. The van der Waals surface area contributed by atoms with Crippen LogP contribution in [0.15, 0.2) is 12.5 Å². The Morgan fingerprint density at radius 1 is 0.857 bits per heavy atom. The van der Waals surface area contributed by atoms with Crippen LogP contribution in [0.5, 0.6) is 0 Å². The fourth-order valence-corrected chi connectivity index (χ4v) is 1.77. The Morgan fingerprint density at radius 3 is 1.67 bits per heavy atom. The Kier molecular flexibility index (Phi) is 7.64. The Labute approximate surface area is 125 Å². The van der Waals surface area contributed by atoms with Crippen molar-refractivity contribution in [3.8, 4) is 0 Å². The van der Waals surface area contributed by atoms with Crippen LogP contribution in [0.1, 0.15) is 52.4 Å². The van der Waals surface area contributed by atoms with Crippen molar-refractivity contribution in [1.29, 1.82) is 0 Å². The Morgan fingerprint density at radius 2 is 1.29 bits per heavy atom. The maximum absolute atomic E-state index is 12.0. The summed E-state index contributed by atoms with van der Waals surface area (Å²) in [5.41, 5.74) is 0. The number of carbonyl (C=O) groups excluding carboxylic acids is 2. The van der Waals surface area contributed by atoms with E-state index < -0.39 is 17.7 Å². The van der Waals surface area contributed by atoms with Crippen LogP contribution in [-0.4, -0.2) is 30.9 Å².